The Morgan fingerprint density at radius 3 is 2.82 bits per heavy atom. The molecule has 168 valence electrons. The summed E-state index contributed by atoms with van der Waals surface area (Å²) in [5.41, 5.74) is 1.35. The van der Waals surface area contributed by atoms with E-state index < -0.39 is 5.91 Å². The molecule has 1 amide bonds. The minimum Gasteiger partial charge on any atom is -0.493 e. The molecule has 2 aromatic carbocycles. The molecule has 0 atom stereocenters. The van der Waals surface area contributed by atoms with Crippen LogP contribution >= 0.6 is 15.9 Å². The van der Waals surface area contributed by atoms with Crippen molar-refractivity contribution < 1.29 is 28.3 Å². The summed E-state index contributed by atoms with van der Waals surface area (Å²) in [6.45, 7) is 2.17. The molecular weight excluding hydrogens is 494 g/mol. The molecule has 0 bridgehead atoms. The molecule has 0 saturated heterocycles. The highest BCUT2D eigenvalue weighted by atomic mass is 79.9. The zero-order valence-corrected chi connectivity index (χ0v) is 19.3. The van der Waals surface area contributed by atoms with Gasteiger partial charge < -0.3 is 28.8 Å². The molecule has 33 heavy (non-hydrogen) atoms. The van der Waals surface area contributed by atoms with Crippen molar-refractivity contribution in [2.75, 3.05) is 19.2 Å². The third kappa shape index (κ3) is 5.10. The summed E-state index contributed by atoms with van der Waals surface area (Å²) in [5.74, 6) is 2.44. The lowest BCUT2D eigenvalue weighted by Crippen LogP contribution is -2.13. The first-order valence-electron chi connectivity index (χ1n) is 9.72. The first-order chi connectivity index (χ1) is 16.0. The minimum absolute atomic E-state index is 0.112. The van der Waals surface area contributed by atoms with E-state index in [0.29, 0.717) is 38.8 Å². The van der Waals surface area contributed by atoms with Gasteiger partial charge in [0, 0.05) is 6.07 Å². The smallest absolute Gasteiger partial charge is 0.267 e. The van der Waals surface area contributed by atoms with Gasteiger partial charge in [-0.15, -0.1) is 0 Å². The fourth-order valence-electron chi connectivity index (χ4n) is 3.07. The van der Waals surface area contributed by atoms with Crippen molar-refractivity contribution in [1.29, 1.82) is 5.26 Å². The van der Waals surface area contributed by atoms with E-state index in [1.54, 1.807) is 25.1 Å². The van der Waals surface area contributed by atoms with E-state index in [9.17, 15) is 10.1 Å². The predicted molar refractivity (Wildman–Crippen MR) is 121 cm³/mol. The number of methoxy groups -OCH3 is 1. The topological polar surface area (TPSA) is 116 Å². The van der Waals surface area contributed by atoms with Gasteiger partial charge in [-0.25, -0.2) is 0 Å². The molecule has 1 N–H and O–H groups in total. The maximum Gasteiger partial charge on any atom is 0.267 e. The van der Waals surface area contributed by atoms with Crippen molar-refractivity contribution in [3.05, 3.63) is 63.3 Å². The van der Waals surface area contributed by atoms with Crippen molar-refractivity contribution in [1.82, 2.24) is 5.16 Å². The number of carbonyl (C=O) groups excluding carboxylic acids is 1. The number of amides is 1. The lowest BCUT2D eigenvalue weighted by molar-refractivity contribution is -0.112. The Labute approximate surface area is 197 Å². The summed E-state index contributed by atoms with van der Waals surface area (Å²) in [4.78, 5) is 12.4. The fraction of sp³-hybridized carbons (Fsp3) is 0.174. The number of benzene rings is 2. The van der Waals surface area contributed by atoms with Gasteiger partial charge in [0.2, 0.25) is 6.79 Å². The Morgan fingerprint density at radius 2 is 2.09 bits per heavy atom. The summed E-state index contributed by atoms with van der Waals surface area (Å²) in [7, 11) is 1.51. The van der Waals surface area contributed by atoms with Crippen LogP contribution in [0.3, 0.4) is 0 Å². The van der Waals surface area contributed by atoms with Crippen LogP contribution in [0.5, 0.6) is 23.0 Å². The molecule has 1 aromatic heterocycles. The van der Waals surface area contributed by atoms with E-state index in [-0.39, 0.29) is 24.8 Å². The summed E-state index contributed by atoms with van der Waals surface area (Å²) in [6, 6.07) is 12.4. The van der Waals surface area contributed by atoms with Gasteiger partial charge in [0.25, 0.3) is 5.91 Å². The number of hydrogen-bond donors (Lipinski definition) is 1. The minimum atomic E-state index is -0.607. The second kappa shape index (κ2) is 9.67. The third-order valence-electron chi connectivity index (χ3n) is 4.62. The Kier molecular flexibility index (Phi) is 6.51. The lowest BCUT2D eigenvalue weighted by atomic mass is 10.1. The van der Waals surface area contributed by atoms with Gasteiger partial charge in [-0.3, -0.25) is 4.79 Å². The molecule has 10 heteroatoms. The van der Waals surface area contributed by atoms with Crippen LogP contribution in [0.4, 0.5) is 5.82 Å². The van der Waals surface area contributed by atoms with Gasteiger partial charge in [-0.1, -0.05) is 11.2 Å². The van der Waals surface area contributed by atoms with Crippen molar-refractivity contribution in [2.24, 2.45) is 0 Å². The molecule has 9 nitrogen and oxygen atoms in total. The van der Waals surface area contributed by atoms with E-state index in [1.807, 2.05) is 24.3 Å². The van der Waals surface area contributed by atoms with Gasteiger partial charge in [-0.05, 0) is 64.3 Å². The molecule has 0 aliphatic carbocycles. The Balaban J connectivity index is 1.52. The Hall–Kier alpha value is -3.97. The molecule has 4 rings (SSSR count). The highest BCUT2D eigenvalue weighted by Gasteiger charge is 2.17. The average molecular weight is 512 g/mol. The number of nitrogens with zero attached hydrogens (tertiary/aromatic N) is 2. The van der Waals surface area contributed by atoms with Crippen molar-refractivity contribution >= 4 is 33.7 Å². The number of rotatable bonds is 7. The normalized spacial score (nSPS) is 12.2. The monoisotopic (exact) mass is 511 g/mol. The molecular formula is C23H18BrN3O6. The molecule has 3 aromatic rings. The number of carbonyl (C=O) groups is 1. The zero-order chi connectivity index (χ0) is 23.4. The predicted octanol–water partition coefficient (Wildman–Crippen LogP) is 4.61. The SMILES string of the molecule is COc1cc(/C=C(/C#N)C(=O)Nc2cc(C)on2)cc(Br)c1OCc1ccc2c(c1)OCO2. The van der Waals surface area contributed by atoms with E-state index in [0.717, 1.165) is 5.56 Å². The van der Waals surface area contributed by atoms with Crippen LogP contribution < -0.4 is 24.3 Å². The first-order valence-corrected chi connectivity index (χ1v) is 10.5. The summed E-state index contributed by atoms with van der Waals surface area (Å²) in [6.07, 6.45) is 1.44. The molecule has 0 spiro atoms. The van der Waals surface area contributed by atoms with E-state index in [4.69, 9.17) is 23.5 Å². The van der Waals surface area contributed by atoms with E-state index in [1.165, 1.54) is 13.2 Å². The van der Waals surface area contributed by atoms with E-state index >= 15 is 0 Å². The molecule has 2 heterocycles. The molecule has 0 fully saturated rings. The number of nitriles is 1. The third-order valence-corrected chi connectivity index (χ3v) is 5.21. The molecule has 1 aliphatic heterocycles. The van der Waals surface area contributed by atoms with Crippen LogP contribution in [0.1, 0.15) is 16.9 Å². The maximum atomic E-state index is 12.4. The fourth-order valence-corrected chi connectivity index (χ4v) is 3.65. The second-order valence-electron chi connectivity index (χ2n) is 6.96. The van der Waals surface area contributed by atoms with Crippen LogP contribution in [-0.4, -0.2) is 25.0 Å². The second-order valence-corrected chi connectivity index (χ2v) is 7.81. The van der Waals surface area contributed by atoms with E-state index in [2.05, 4.69) is 26.4 Å². The molecule has 0 radical (unpaired) electrons. The summed E-state index contributed by atoms with van der Waals surface area (Å²) < 4.78 is 27.7. The Morgan fingerprint density at radius 1 is 1.27 bits per heavy atom. The van der Waals surface area contributed by atoms with Gasteiger partial charge in [0.1, 0.15) is 24.0 Å². The number of halogens is 1. The summed E-state index contributed by atoms with van der Waals surface area (Å²) >= 11 is 3.48. The van der Waals surface area contributed by atoms with Gasteiger partial charge >= 0.3 is 0 Å². The highest BCUT2D eigenvalue weighted by Crippen LogP contribution is 2.38. The first kappa shape index (κ1) is 22.2. The number of hydrogen-bond acceptors (Lipinski definition) is 8. The van der Waals surface area contributed by atoms with Crippen LogP contribution in [0, 0.1) is 18.3 Å². The number of ether oxygens (including phenoxy) is 4. The zero-order valence-electron chi connectivity index (χ0n) is 17.7. The standard InChI is InChI=1S/C23H18BrN3O6/c1-13-5-21(27-33-13)26-23(28)16(10-25)6-15-7-17(24)22(20(9-15)29-2)30-11-14-3-4-18-19(8-14)32-12-31-18/h3-9H,11-12H2,1-2H3,(H,26,27,28)/b16-6-. The highest BCUT2D eigenvalue weighted by molar-refractivity contribution is 9.10. The quantitative estimate of drug-likeness (QED) is 0.361. The maximum absolute atomic E-state index is 12.4. The number of aryl methyl sites for hydroxylation is 1. The molecule has 0 unspecified atom stereocenters. The lowest BCUT2D eigenvalue weighted by Gasteiger charge is -2.14. The molecule has 0 saturated carbocycles. The largest absolute Gasteiger partial charge is 0.493 e. The molecule has 1 aliphatic rings. The van der Waals surface area contributed by atoms with Crippen LogP contribution in [-0.2, 0) is 11.4 Å². The summed E-state index contributed by atoms with van der Waals surface area (Å²) in [5, 5.41) is 15.7. The van der Waals surface area contributed by atoms with Gasteiger partial charge in [0.15, 0.2) is 28.8 Å². The Bertz CT molecular complexity index is 1280. The van der Waals surface area contributed by atoms with Crippen LogP contribution in [0.2, 0.25) is 0 Å². The van der Waals surface area contributed by atoms with Crippen LogP contribution in [0.25, 0.3) is 6.08 Å². The number of aromatic nitrogens is 1. The number of anilines is 1. The number of nitrogens with one attached hydrogen (secondary N) is 1. The van der Waals surface area contributed by atoms with Gasteiger partial charge in [0.05, 0.1) is 11.6 Å². The van der Waals surface area contributed by atoms with Crippen molar-refractivity contribution in [3.63, 3.8) is 0 Å². The van der Waals surface area contributed by atoms with Crippen molar-refractivity contribution in [3.8, 4) is 29.1 Å². The van der Waals surface area contributed by atoms with Crippen LogP contribution in [0.15, 0.2) is 51.0 Å². The van der Waals surface area contributed by atoms with Gasteiger partial charge in [-0.2, -0.15) is 5.26 Å². The van der Waals surface area contributed by atoms with Crippen molar-refractivity contribution in [2.45, 2.75) is 13.5 Å². The average Bonchev–Trinajstić information content (AvgIpc) is 3.44. The number of fused-ring (bicyclic) bond motifs is 1.